The number of nitrogens with zero attached hydrogens (tertiary/aromatic N) is 5. The minimum atomic E-state index is 0.826. The number of imidazole rings is 1. The van der Waals surface area contributed by atoms with Crippen molar-refractivity contribution in [2.45, 2.75) is 13.8 Å². The van der Waals surface area contributed by atoms with Gasteiger partial charge in [0.1, 0.15) is 0 Å². The van der Waals surface area contributed by atoms with Gasteiger partial charge in [0.2, 0.25) is 0 Å². The van der Waals surface area contributed by atoms with Gasteiger partial charge in [-0.05, 0) is 25.5 Å². The van der Waals surface area contributed by atoms with E-state index < -0.39 is 0 Å². The van der Waals surface area contributed by atoms with E-state index in [9.17, 15) is 0 Å². The van der Waals surface area contributed by atoms with E-state index >= 15 is 0 Å². The van der Waals surface area contributed by atoms with Crippen molar-refractivity contribution in [2.24, 2.45) is 0 Å². The lowest BCUT2D eigenvalue weighted by Gasteiger charge is -2.25. The molecule has 0 aliphatic carbocycles. The zero-order chi connectivity index (χ0) is 12.6. The predicted molar refractivity (Wildman–Crippen MR) is 68.8 cm³/mol. The van der Waals surface area contributed by atoms with E-state index in [1.54, 1.807) is 10.7 Å². The third-order valence-corrected chi connectivity index (χ3v) is 2.56. The molecule has 0 aliphatic heterocycles. The molecule has 2 aromatic rings. The van der Waals surface area contributed by atoms with Crippen molar-refractivity contribution in [1.82, 2.24) is 19.6 Å². The van der Waals surface area contributed by atoms with Gasteiger partial charge in [-0.25, -0.2) is 14.5 Å². The molecule has 2 rings (SSSR count). The van der Waals surface area contributed by atoms with Crippen LogP contribution >= 0.6 is 0 Å². The number of aryl methyl sites for hydroxylation is 2. The minimum Gasteiger partial charge on any atom is -0.264 e. The zero-order valence-electron chi connectivity index (χ0n) is 10.7. The van der Waals surface area contributed by atoms with E-state index in [2.05, 4.69) is 16.7 Å². The van der Waals surface area contributed by atoms with E-state index in [1.165, 1.54) is 0 Å². The molecular weight excluding hydrogens is 214 g/mol. The molecule has 0 saturated carbocycles. The van der Waals surface area contributed by atoms with Crippen molar-refractivity contribution in [3.8, 4) is 0 Å². The van der Waals surface area contributed by atoms with Crippen molar-refractivity contribution >= 4 is 11.5 Å². The quantitative estimate of drug-likeness (QED) is 0.754. The van der Waals surface area contributed by atoms with Crippen LogP contribution in [-0.4, -0.2) is 33.7 Å². The molecule has 0 atom stereocenters. The second-order valence-electron chi connectivity index (χ2n) is 4.21. The largest absolute Gasteiger partial charge is 0.264 e. The van der Waals surface area contributed by atoms with Crippen molar-refractivity contribution in [3.63, 3.8) is 0 Å². The number of aromatic nitrogens is 3. The van der Waals surface area contributed by atoms with Gasteiger partial charge in [0, 0.05) is 20.3 Å². The zero-order valence-corrected chi connectivity index (χ0v) is 10.7. The maximum Gasteiger partial charge on any atom is 0.168 e. The Morgan fingerprint density at radius 2 is 2.06 bits per heavy atom. The van der Waals surface area contributed by atoms with Crippen molar-refractivity contribution in [2.75, 3.05) is 19.1 Å². The topological polar surface area (TPSA) is 36.7 Å². The number of rotatable bonds is 3. The van der Waals surface area contributed by atoms with E-state index in [0.29, 0.717) is 0 Å². The van der Waals surface area contributed by atoms with Gasteiger partial charge in [-0.1, -0.05) is 6.58 Å². The Bertz CT molecular complexity index is 555. The lowest BCUT2D eigenvalue weighted by Crippen LogP contribution is -2.32. The molecule has 0 aliphatic rings. The summed E-state index contributed by atoms with van der Waals surface area (Å²) in [4.78, 5) is 4.43. The highest BCUT2D eigenvalue weighted by Crippen LogP contribution is 2.17. The molecule has 0 unspecified atom stereocenters. The summed E-state index contributed by atoms with van der Waals surface area (Å²) >= 11 is 0. The summed E-state index contributed by atoms with van der Waals surface area (Å²) in [7, 11) is 3.89. The maximum atomic E-state index is 4.52. The molecule has 0 amide bonds. The van der Waals surface area contributed by atoms with Crippen LogP contribution in [0.25, 0.3) is 5.65 Å². The van der Waals surface area contributed by atoms with Crippen LogP contribution in [0.1, 0.15) is 11.3 Å². The van der Waals surface area contributed by atoms with E-state index in [0.717, 1.165) is 22.7 Å². The molecule has 0 fully saturated rings. The molecule has 0 N–H and O–H groups in total. The summed E-state index contributed by atoms with van der Waals surface area (Å²) in [5.41, 5.74) is 2.96. The predicted octanol–water partition coefficient (Wildman–Crippen LogP) is 1.77. The molecule has 17 heavy (non-hydrogen) atoms. The molecule has 0 bridgehead atoms. The first kappa shape index (κ1) is 11.6. The fraction of sp³-hybridized carbons (Fsp3) is 0.333. The lowest BCUT2D eigenvalue weighted by atomic mass is 10.3. The number of hydrogen-bond donors (Lipinski definition) is 0. The summed E-state index contributed by atoms with van der Waals surface area (Å²) in [5, 5.41) is 8.31. The van der Waals surface area contributed by atoms with Gasteiger partial charge in [0.15, 0.2) is 11.5 Å². The molecule has 0 spiro atoms. The first-order valence-corrected chi connectivity index (χ1v) is 5.45. The molecule has 2 heterocycles. The molecule has 5 heteroatoms. The molecule has 90 valence electrons. The van der Waals surface area contributed by atoms with Gasteiger partial charge in [-0.15, -0.1) is 5.10 Å². The van der Waals surface area contributed by atoms with Crippen LogP contribution in [0.4, 0.5) is 5.82 Å². The number of anilines is 1. The molecule has 0 aromatic carbocycles. The highest BCUT2D eigenvalue weighted by Gasteiger charge is 2.11. The standard InChI is InChI=1S/C12H17N5/c1-6-17(15(4)5)11-7-9(2)12-13-10(3)8-16(12)14-11/h6-8H,1H2,2-5H3. The Morgan fingerprint density at radius 3 is 2.65 bits per heavy atom. The fourth-order valence-electron chi connectivity index (χ4n) is 1.80. The summed E-state index contributed by atoms with van der Waals surface area (Å²) in [5.74, 6) is 0.826. The average Bonchev–Trinajstić information content (AvgIpc) is 2.59. The highest BCUT2D eigenvalue weighted by molar-refractivity contribution is 5.53. The lowest BCUT2D eigenvalue weighted by molar-refractivity contribution is 0.408. The highest BCUT2D eigenvalue weighted by atomic mass is 15.6. The van der Waals surface area contributed by atoms with Crippen molar-refractivity contribution in [1.29, 1.82) is 0 Å². The first-order valence-electron chi connectivity index (χ1n) is 5.45. The average molecular weight is 231 g/mol. The maximum absolute atomic E-state index is 4.52. The Hall–Kier alpha value is -1.88. The summed E-state index contributed by atoms with van der Waals surface area (Å²) in [6, 6.07) is 2.00. The second-order valence-corrected chi connectivity index (χ2v) is 4.21. The van der Waals surface area contributed by atoms with Crippen LogP contribution in [0.2, 0.25) is 0 Å². The van der Waals surface area contributed by atoms with Crippen LogP contribution < -0.4 is 5.01 Å². The van der Waals surface area contributed by atoms with Gasteiger partial charge >= 0.3 is 0 Å². The molecule has 2 aromatic heterocycles. The number of hydrazine groups is 1. The van der Waals surface area contributed by atoms with Crippen LogP contribution in [0.5, 0.6) is 0 Å². The van der Waals surface area contributed by atoms with Gasteiger partial charge in [-0.2, -0.15) is 0 Å². The van der Waals surface area contributed by atoms with Crippen molar-refractivity contribution < 1.29 is 0 Å². The number of hydrogen-bond acceptors (Lipinski definition) is 4. The molecule has 5 nitrogen and oxygen atoms in total. The smallest absolute Gasteiger partial charge is 0.168 e. The van der Waals surface area contributed by atoms with Crippen LogP contribution in [0, 0.1) is 13.8 Å². The Balaban J connectivity index is 2.59. The monoisotopic (exact) mass is 231 g/mol. The second kappa shape index (κ2) is 4.18. The molecule has 0 radical (unpaired) electrons. The summed E-state index contributed by atoms with van der Waals surface area (Å²) in [6.07, 6.45) is 3.65. The summed E-state index contributed by atoms with van der Waals surface area (Å²) < 4.78 is 1.81. The normalized spacial score (nSPS) is 11.1. The molecule has 0 saturated heterocycles. The minimum absolute atomic E-state index is 0.826. The Labute approximate surface area is 101 Å². The SMILES string of the molecule is C=CN(c1cc(C)c2nc(C)cn2n1)N(C)C. The van der Waals surface area contributed by atoms with Crippen molar-refractivity contribution in [3.05, 3.63) is 36.3 Å². The fourth-order valence-corrected chi connectivity index (χ4v) is 1.80. The number of fused-ring (bicyclic) bond motifs is 1. The third kappa shape index (κ3) is 2.01. The van der Waals surface area contributed by atoms with Gasteiger partial charge in [0.25, 0.3) is 0 Å². The van der Waals surface area contributed by atoms with E-state index in [4.69, 9.17) is 0 Å². The third-order valence-electron chi connectivity index (χ3n) is 2.56. The Morgan fingerprint density at radius 1 is 1.35 bits per heavy atom. The molecular formula is C12H17N5. The van der Waals surface area contributed by atoms with Gasteiger partial charge < -0.3 is 0 Å². The van der Waals surface area contributed by atoms with Crippen LogP contribution in [0.3, 0.4) is 0 Å². The van der Waals surface area contributed by atoms with E-state index in [1.807, 2.05) is 50.2 Å². The van der Waals surface area contributed by atoms with Crippen LogP contribution in [-0.2, 0) is 0 Å². The van der Waals surface area contributed by atoms with Gasteiger partial charge in [-0.3, -0.25) is 5.01 Å². The Kier molecular flexibility index (Phi) is 2.85. The van der Waals surface area contributed by atoms with E-state index in [-0.39, 0.29) is 0 Å². The summed E-state index contributed by atoms with van der Waals surface area (Å²) in [6.45, 7) is 7.79. The first-order chi connectivity index (χ1) is 8.02. The van der Waals surface area contributed by atoms with Gasteiger partial charge in [0.05, 0.1) is 11.9 Å². The van der Waals surface area contributed by atoms with Crippen LogP contribution in [0.15, 0.2) is 25.0 Å².